The number of thiophene rings is 1. The molecule has 3 aromatic rings. The van der Waals surface area contributed by atoms with Crippen LogP contribution in [0.2, 0.25) is 0 Å². The third kappa shape index (κ3) is 6.85. The Bertz CT molecular complexity index is 1210. The Labute approximate surface area is 215 Å². The molecule has 0 radical (unpaired) electrons. The fourth-order valence-corrected chi connectivity index (χ4v) is 4.09. The van der Waals surface area contributed by atoms with E-state index < -0.39 is 5.91 Å². The monoisotopic (exact) mass is 509 g/mol. The van der Waals surface area contributed by atoms with E-state index in [4.69, 9.17) is 14.2 Å². The van der Waals surface area contributed by atoms with Gasteiger partial charge in [-0.05, 0) is 76.6 Å². The Balaban J connectivity index is 1.71. The smallest absolute Gasteiger partial charge is 0.271 e. The number of hydrogen-bond donors (Lipinski definition) is 2. The van der Waals surface area contributed by atoms with Crippen LogP contribution in [0.3, 0.4) is 0 Å². The molecule has 8 nitrogen and oxygen atoms in total. The van der Waals surface area contributed by atoms with Crippen molar-refractivity contribution in [2.45, 2.75) is 34.6 Å². The van der Waals surface area contributed by atoms with Crippen LogP contribution in [0.1, 0.15) is 58.2 Å². The lowest BCUT2D eigenvalue weighted by Gasteiger charge is -2.16. The summed E-state index contributed by atoms with van der Waals surface area (Å²) in [6.07, 6.45) is 0. The first-order valence-electron chi connectivity index (χ1n) is 11.8. The van der Waals surface area contributed by atoms with Crippen molar-refractivity contribution >= 4 is 34.6 Å². The number of amides is 2. The number of ether oxygens (including phenoxy) is 3. The Morgan fingerprint density at radius 3 is 1.97 bits per heavy atom. The van der Waals surface area contributed by atoms with Crippen molar-refractivity contribution in [2.75, 3.05) is 25.1 Å². The number of carbonyl (C=O) groups is 2. The zero-order chi connectivity index (χ0) is 26.1. The second-order valence-corrected chi connectivity index (χ2v) is 8.97. The zero-order valence-electron chi connectivity index (χ0n) is 21.1. The Kier molecular flexibility index (Phi) is 9.46. The van der Waals surface area contributed by atoms with Gasteiger partial charge in [-0.25, -0.2) is 5.43 Å². The lowest BCUT2D eigenvalue weighted by molar-refractivity contribution is 0.0953. The number of aryl methyl sites for hydroxylation is 1. The molecule has 3 rings (SSSR count). The molecule has 2 amide bonds. The summed E-state index contributed by atoms with van der Waals surface area (Å²) in [5.74, 6) is 0.790. The summed E-state index contributed by atoms with van der Waals surface area (Å²) in [5.41, 5.74) is 5.01. The topological polar surface area (TPSA) is 98.2 Å². The number of carbonyl (C=O) groups excluding carboxylic acids is 2. The summed E-state index contributed by atoms with van der Waals surface area (Å²) >= 11 is 1.45. The maximum Gasteiger partial charge on any atom is 0.271 e. The second kappa shape index (κ2) is 12.7. The van der Waals surface area contributed by atoms with Gasteiger partial charge in [0.15, 0.2) is 11.5 Å². The molecule has 0 fully saturated rings. The van der Waals surface area contributed by atoms with Crippen LogP contribution in [-0.2, 0) is 0 Å². The van der Waals surface area contributed by atoms with Crippen molar-refractivity contribution < 1.29 is 23.8 Å². The third-order valence-corrected chi connectivity index (χ3v) is 6.02. The lowest BCUT2D eigenvalue weighted by Crippen LogP contribution is -2.20. The van der Waals surface area contributed by atoms with E-state index in [1.165, 1.54) is 11.3 Å². The molecule has 36 heavy (non-hydrogen) atoms. The van der Waals surface area contributed by atoms with E-state index in [-0.39, 0.29) is 5.91 Å². The van der Waals surface area contributed by atoms with Crippen LogP contribution in [0.5, 0.6) is 17.2 Å². The van der Waals surface area contributed by atoms with Crippen LogP contribution < -0.4 is 25.0 Å². The van der Waals surface area contributed by atoms with Crippen LogP contribution in [0.4, 0.5) is 5.69 Å². The lowest BCUT2D eigenvalue weighted by atomic mass is 10.1. The van der Waals surface area contributed by atoms with Gasteiger partial charge in [-0.1, -0.05) is 12.1 Å². The van der Waals surface area contributed by atoms with Gasteiger partial charge in [0.25, 0.3) is 11.8 Å². The van der Waals surface area contributed by atoms with Crippen molar-refractivity contribution in [1.82, 2.24) is 5.43 Å². The maximum absolute atomic E-state index is 12.9. The summed E-state index contributed by atoms with van der Waals surface area (Å²) < 4.78 is 17.0. The van der Waals surface area contributed by atoms with Crippen molar-refractivity contribution in [2.24, 2.45) is 5.10 Å². The average Bonchev–Trinajstić information content (AvgIpc) is 3.31. The summed E-state index contributed by atoms with van der Waals surface area (Å²) in [5, 5.41) is 7.12. The molecule has 0 unspecified atom stereocenters. The van der Waals surface area contributed by atoms with E-state index in [9.17, 15) is 9.59 Å². The highest BCUT2D eigenvalue weighted by Gasteiger charge is 2.18. The number of benzene rings is 2. The standard InChI is InChI=1S/C27H31N3O5S/c1-6-33-22-15-20(16-23(34-7-2)25(22)35-8-3)26(31)30-29-18(5)19-10-12-21(13-11-19)28-27(32)24-14-9-17(4)36-24/h9-16H,6-8H2,1-5H3,(H,28,32)(H,30,31). The minimum absolute atomic E-state index is 0.147. The van der Waals surface area contributed by atoms with Crippen molar-refractivity contribution in [1.29, 1.82) is 0 Å². The predicted octanol–water partition coefficient (Wildman–Crippen LogP) is 5.66. The summed E-state index contributed by atoms with van der Waals surface area (Å²) in [6.45, 7) is 10.6. The van der Waals surface area contributed by atoms with Gasteiger partial charge < -0.3 is 19.5 Å². The maximum atomic E-state index is 12.9. The highest BCUT2D eigenvalue weighted by atomic mass is 32.1. The number of anilines is 1. The van der Waals surface area contributed by atoms with Gasteiger partial charge in [0.05, 0.1) is 30.4 Å². The molecule has 0 aliphatic carbocycles. The van der Waals surface area contributed by atoms with Crippen molar-refractivity contribution in [3.63, 3.8) is 0 Å². The summed E-state index contributed by atoms with van der Waals surface area (Å²) in [4.78, 5) is 26.9. The Hall–Kier alpha value is -3.85. The molecule has 2 N–H and O–H groups in total. The molecular weight excluding hydrogens is 478 g/mol. The Morgan fingerprint density at radius 2 is 1.44 bits per heavy atom. The molecular formula is C27H31N3O5S. The van der Waals surface area contributed by atoms with Crippen LogP contribution in [0.25, 0.3) is 0 Å². The van der Waals surface area contributed by atoms with E-state index >= 15 is 0 Å². The highest BCUT2D eigenvalue weighted by Crippen LogP contribution is 2.39. The number of nitrogens with one attached hydrogen (secondary N) is 2. The molecule has 0 aliphatic heterocycles. The van der Waals surface area contributed by atoms with Gasteiger partial charge in [-0.15, -0.1) is 11.3 Å². The fraction of sp³-hybridized carbons (Fsp3) is 0.296. The zero-order valence-corrected chi connectivity index (χ0v) is 22.0. The molecule has 2 aromatic carbocycles. The van der Waals surface area contributed by atoms with E-state index in [0.717, 1.165) is 10.4 Å². The minimum atomic E-state index is -0.408. The van der Waals surface area contributed by atoms with E-state index in [1.54, 1.807) is 31.2 Å². The molecule has 190 valence electrons. The third-order valence-electron chi connectivity index (χ3n) is 5.02. The Morgan fingerprint density at radius 1 is 0.833 bits per heavy atom. The molecule has 0 saturated carbocycles. The van der Waals surface area contributed by atoms with Gasteiger partial charge in [-0.2, -0.15) is 5.10 Å². The minimum Gasteiger partial charge on any atom is -0.490 e. The molecule has 1 aromatic heterocycles. The van der Waals surface area contributed by atoms with Crippen LogP contribution in [0, 0.1) is 6.92 Å². The molecule has 0 aliphatic rings. The van der Waals surface area contributed by atoms with E-state index in [0.29, 0.717) is 58.9 Å². The number of hydrazone groups is 1. The normalized spacial score (nSPS) is 11.1. The highest BCUT2D eigenvalue weighted by molar-refractivity contribution is 7.14. The van der Waals surface area contributed by atoms with Gasteiger partial charge >= 0.3 is 0 Å². The van der Waals surface area contributed by atoms with Crippen LogP contribution in [0.15, 0.2) is 53.6 Å². The number of hydrogen-bond acceptors (Lipinski definition) is 7. The molecule has 0 saturated heterocycles. The first-order chi connectivity index (χ1) is 17.4. The molecule has 0 bridgehead atoms. The average molecular weight is 510 g/mol. The predicted molar refractivity (Wildman–Crippen MR) is 143 cm³/mol. The SMILES string of the molecule is CCOc1cc(C(=O)NN=C(C)c2ccc(NC(=O)c3ccc(C)s3)cc2)cc(OCC)c1OCC. The van der Waals surface area contributed by atoms with Gasteiger partial charge in [-0.3, -0.25) is 9.59 Å². The van der Waals surface area contributed by atoms with Crippen molar-refractivity contribution in [3.05, 3.63) is 69.4 Å². The van der Waals surface area contributed by atoms with Crippen LogP contribution in [-0.4, -0.2) is 37.3 Å². The van der Waals surface area contributed by atoms with Crippen LogP contribution >= 0.6 is 11.3 Å². The summed E-state index contributed by atoms with van der Waals surface area (Å²) in [6, 6.07) is 14.2. The fourth-order valence-electron chi connectivity index (χ4n) is 3.33. The molecule has 0 atom stereocenters. The van der Waals surface area contributed by atoms with Gasteiger partial charge in [0, 0.05) is 16.1 Å². The van der Waals surface area contributed by atoms with Gasteiger partial charge in [0.1, 0.15) is 0 Å². The molecule has 1 heterocycles. The molecule has 0 spiro atoms. The van der Waals surface area contributed by atoms with E-state index in [2.05, 4.69) is 15.8 Å². The van der Waals surface area contributed by atoms with E-state index in [1.807, 2.05) is 52.0 Å². The first-order valence-corrected chi connectivity index (χ1v) is 12.6. The van der Waals surface area contributed by atoms with Crippen molar-refractivity contribution in [3.8, 4) is 17.2 Å². The summed E-state index contributed by atoms with van der Waals surface area (Å²) in [7, 11) is 0. The molecule has 9 heteroatoms. The van der Waals surface area contributed by atoms with Gasteiger partial charge in [0.2, 0.25) is 5.75 Å². The largest absolute Gasteiger partial charge is 0.490 e. The second-order valence-electron chi connectivity index (χ2n) is 7.68. The number of rotatable bonds is 11. The first kappa shape index (κ1) is 26.7. The number of nitrogens with zero attached hydrogens (tertiary/aromatic N) is 1. The quantitative estimate of drug-likeness (QED) is 0.257.